The molecule has 130 valence electrons. The van der Waals surface area contributed by atoms with Gasteiger partial charge in [-0.2, -0.15) is 0 Å². The minimum absolute atomic E-state index is 0.213. The van der Waals surface area contributed by atoms with Crippen LogP contribution in [-0.4, -0.2) is 32.6 Å². The van der Waals surface area contributed by atoms with Crippen molar-refractivity contribution < 1.29 is 14.3 Å². The summed E-state index contributed by atoms with van der Waals surface area (Å²) in [4.78, 5) is 25.8. The standard InChI is InChI=1S/C19H26N2O3/c1-21(2)17-7-5-16(6-8-17)20-18(22)12-24-19(23)11-15-10-13-3-4-14(15)9-13/h5-8,13-15H,3-4,9-12H2,1-2H3,(H,20,22)/t13-,14-,15-/m1/s1. The van der Waals surface area contributed by atoms with Crippen LogP contribution in [0.1, 0.15) is 32.1 Å². The molecule has 2 bridgehead atoms. The number of nitrogens with zero attached hydrogens (tertiary/aromatic N) is 1. The van der Waals surface area contributed by atoms with Gasteiger partial charge in [-0.15, -0.1) is 0 Å². The predicted octanol–water partition coefficient (Wildman–Crippen LogP) is 3.06. The second-order valence-corrected chi connectivity index (χ2v) is 7.29. The van der Waals surface area contributed by atoms with Gasteiger partial charge in [0, 0.05) is 31.9 Å². The molecule has 2 aliphatic rings. The largest absolute Gasteiger partial charge is 0.456 e. The van der Waals surface area contributed by atoms with Gasteiger partial charge in [-0.25, -0.2) is 0 Å². The van der Waals surface area contributed by atoms with Crippen molar-refractivity contribution >= 4 is 23.3 Å². The number of hydrogen-bond acceptors (Lipinski definition) is 4. The van der Waals surface area contributed by atoms with Gasteiger partial charge < -0.3 is 15.0 Å². The third-order valence-electron chi connectivity index (χ3n) is 5.35. The Hall–Kier alpha value is -2.04. The molecule has 1 aromatic carbocycles. The maximum atomic E-state index is 11.9. The highest BCUT2D eigenvalue weighted by Gasteiger charge is 2.40. The van der Waals surface area contributed by atoms with Crippen LogP contribution in [0.2, 0.25) is 0 Å². The molecule has 0 spiro atoms. The van der Waals surface area contributed by atoms with E-state index in [4.69, 9.17) is 4.74 Å². The lowest BCUT2D eigenvalue weighted by molar-refractivity contribution is -0.148. The number of nitrogens with one attached hydrogen (secondary N) is 1. The Morgan fingerprint density at radius 1 is 1.17 bits per heavy atom. The molecule has 5 nitrogen and oxygen atoms in total. The average molecular weight is 330 g/mol. The molecular weight excluding hydrogens is 304 g/mol. The van der Waals surface area contributed by atoms with Gasteiger partial charge in [-0.1, -0.05) is 6.42 Å². The molecule has 24 heavy (non-hydrogen) atoms. The molecule has 0 heterocycles. The van der Waals surface area contributed by atoms with E-state index in [9.17, 15) is 9.59 Å². The number of ether oxygens (including phenoxy) is 1. The first-order chi connectivity index (χ1) is 11.5. The van der Waals surface area contributed by atoms with Crippen LogP contribution in [-0.2, 0) is 14.3 Å². The van der Waals surface area contributed by atoms with Gasteiger partial charge in [0.25, 0.3) is 5.91 Å². The molecule has 3 atom stereocenters. The van der Waals surface area contributed by atoms with Crippen molar-refractivity contribution in [3.05, 3.63) is 24.3 Å². The highest BCUT2D eigenvalue weighted by Crippen LogP contribution is 2.49. The first-order valence-electron chi connectivity index (χ1n) is 8.74. The summed E-state index contributed by atoms with van der Waals surface area (Å²) in [5, 5.41) is 2.75. The van der Waals surface area contributed by atoms with Crippen molar-refractivity contribution in [2.75, 3.05) is 30.9 Å². The molecule has 2 aliphatic carbocycles. The number of esters is 1. The molecule has 2 fully saturated rings. The predicted molar refractivity (Wildman–Crippen MR) is 93.9 cm³/mol. The number of hydrogen-bond donors (Lipinski definition) is 1. The Balaban J connectivity index is 1.39. The smallest absolute Gasteiger partial charge is 0.306 e. The van der Waals surface area contributed by atoms with Crippen LogP contribution >= 0.6 is 0 Å². The summed E-state index contributed by atoms with van der Waals surface area (Å²) >= 11 is 0. The number of anilines is 2. The lowest BCUT2D eigenvalue weighted by atomic mass is 9.86. The lowest BCUT2D eigenvalue weighted by Gasteiger charge is -2.20. The maximum absolute atomic E-state index is 11.9. The van der Waals surface area contributed by atoms with Crippen LogP contribution < -0.4 is 10.2 Å². The summed E-state index contributed by atoms with van der Waals surface area (Å²) in [5.41, 5.74) is 1.76. The molecule has 0 unspecified atom stereocenters. The van der Waals surface area contributed by atoms with E-state index >= 15 is 0 Å². The van der Waals surface area contributed by atoms with E-state index < -0.39 is 0 Å². The molecule has 1 aromatic rings. The fraction of sp³-hybridized carbons (Fsp3) is 0.579. The minimum atomic E-state index is -0.297. The van der Waals surface area contributed by atoms with Gasteiger partial charge in [-0.05, 0) is 61.3 Å². The van der Waals surface area contributed by atoms with Gasteiger partial charge in [0.05, 0.1) is 0 Å². The Kier molecular flexibility index (Phi) is 5.07. The summed E-state index contributed by atoms with van der Waals surface area (Å²) in [6.07, 6.45) is 5.48. The number of carbonyl (C=O) groups is 2. The molecule has 1 amide bonds. The number of carbonyl (C=O) groups excluding carboxylic acids is 2. The van der Waals surface area contributed by atoms with Crippen molar-refractivity contribution in [2.24, 2.45) is 17.8 Å². The van der Waals surface area contributed by atoms with Gasteiger partial charge >= 0.3 is 5.97 Å². The zero-order valence-corrected chi connectivity index (χ0v) is 14.5. The normalized spacial score (nSPS) is 24.7. The van der Waals surface area contributed by atoms with Crippen LogP contribution in [0.4, 0.5) is 11.4 Å². The molecule has 0 aliphatic heterocycles. The second kappa shape index (κ2) is 7.24. The van der Waals surface area contributed by atoms with Gasteiger partial charge in [0.15, 0.2) is 6.61 Å². The summed E-state index contributed by atoms with van der Waals surface area (Å²) < 4.78 is 5.15. The van der Waals surface area contributed by atoms with Crippen LogP contribution in [0.5, 0.6) is 0 Å². The lowest BCUT2D eigenvalue weighted by Crippen LogP contribution is -2.23. The Morgan fingerprint density at radius 3 is 2.50 bits per heavy atom. The Bertz CT molecular complexity index is 597. The highest BCUT2D eigenvalue weighted by atomic mass is 16.5. The van der Waals surface area contributed by atoms with Gasteiger partial charge in [0.2, 0.25) is 0 Å². The summed E-state index contributed by atoms with van der Waals surface area (Å²) in [7, 11) is 3.92. The first-order valence-corrected chi connectivity index (χ1v) is 8.74. The fourth-order valence-corrected chi connectivity index (χ4v) is 4.09. The molecule has 0 radical (unpaired) electrons. The van der Waals surface area contributed by atoms with Crippen molar-refractivity contribution in [2.45, 2.75) is 32.1 Å². The van der Waals surface area contributed by atoms with Crippen LogP contribution in [0.15, 0.2) is 24.3 Å². The zero-order valence-electron chi connectivity index (χ0n) is 14.5. The van der Waals surface area contributed by atoms with E-state index in [0.29, 0.717) is 23.9 Å². The third-order valence-corrected chi connectivity index (χ3v) is 5.35. The summed E-state index contributed by atoms with van der Waals surface area (Å²) in [6, 6.07) is 7.53. The molecular formula is C19H26N2O3. The zero-order chi connectivity index (χ0) is 17.1. The molecule has 1 N–H and O–H groups in total. The van der Waals surface area contributed by atoms with E-state index in [2.05, 4.69) is 5.32 Å². The highest BCUT2D eigenvalue weighted by molar-refractivity contribution is 5.92. The summed E-state index contributed by atoms with van der Waals surface area (Å²) in [6.45, 7) is -0.213. The van der Waals surface area contributed by atoms with Crippen molar-refractivity contribution in [3.8, 4) is 0 Å². The van der Waals surface area contributed by atoms with Crippen molar-refractivity contribution in [3.63, 3.8) is 0 Å². The van der Waals surface area contributed by atoms with Crippen molar-refractivity contribution in [1.29, 1.82) is 0 Å². The molecule has 0 aromatic heterocycles. The molecule has 2 saturated carbocycles. The quantitative estimate of drug-likeness (QED) is 0.815. The topological polar surface area (TPSA) is 58.6 Å². The molecule has 5 heteroatoms. The Morgan fingerprint density at radius 2 is 1.92 bits per heavy atom. The monoisotopic (exact) mass is 330 g/mol. The van der Waals surface area contributed by atoms with Crippen LogP contribution in [0, 0.1) is 17.8 Å². The van der Waals surface area contributed by atoms with E-state index in [1.807, 2.05) is 43.3 Å². The van der Waals surface area contributed by atoms with E-state index in [-0.39, 0.29) is 18.5 Å². The average Bonchev–Trinajstić information content (AvgIpc) is 3.16. The number of rotatable bonds is 6. The van der Waals surface area contributed by atoms with Gasteiger partial charge in [0.1, 0.15) is 0 Å². The maximum Gasteiger partial charge on any atom is 0.306 e. The number of fused-ring (bicyclic) bond motifs is 2. The van der Waals surface area contributed by atoms with E-state index in [1.54, 1.807) is 0 Å². The second-order valence-electron chi connectivity index (χ2n) is 7.29. The van der Waals surface area contributed by atoms with Gasteiger partial charge in [-0.3, -0.25) is 9.59 Å². The minimum Gasteiger partial charge on any atom is -0.456 e. The Labute approximate surface area is 143 Å². The van der Waals surface area contributed by atoms with Crippen LogP contribution in [0.25, 0.3) is 0 Å². The van der Waals surface area contributed by atoms with Crippen LogP contribution in [0.3, 0.4) is 0 Å². The third kappa shape index (κ3) is 4.08. The first kappa shape index (κ1) is 16.8. The number of benzene rings is 1. The van der Waals surface area contributed by atoms with E-state index in [0.717, 1.165) is 18.0 Å². The number of amides is 1. The SMILES string of the molecule is CN(C)c1ccc(NC(=O)COC(=O)C[C@H]2C[C@@H]3CC[C@@H]2C3)cc1. The van der Waals surface area contributed by atoms with E-state index in [1.165, 1.54) is 19.3 Å². The summed E-state index contributed by atoms with van der Waals surface area (Å²) in [5.74, 6) is 1.45. The fourth-order valence-electron chi connectivity index (χ4n) is 4.09. The molecule has 0 saturated heterocycles. The van der Waals surface area contributed by atoms with Crippen molar-refractivity contribution in [1.82, 2.24) is 0 Å². The molecule has 3 rings (SSSR count).